The van der Waals surface area contributed by atoms with Crippen LogP contribution in [0.5, 0.6) is 0 Å². The van der Waals surface area contributed by atoms with Gasteiger partial charge >= 0.3 is 0 Å². The molecule has 0 bridgehead atoms. The average molecular weight is 381 g/mol. The largest absolute Gasteiger partial charge is 0.374 e. The first kappa shape index (κ1) is 20.0. The van der Waals surface area contributed by atoms with Gasteiger partial charge < -0.3 is 20.7 Å². The van der Waals surface area contributed by atoms with Crippen LogP contribution in [0, 0.1) is 0 Å². The number of rotatable bonds is 6. The number of carbonyl (C=O) groups excluding carboxylic acids is 2. The van der Waals surface area contributed by atoms with E-state index in [1.54, 1.807) is 7.05 Å². The zero-order chi connectivity index (χ0) is 19.9. The third-order valence-corrected chi connectivity index (χ3v) is 4.98. The topological polar surface area (TPSA) is 84.7 Å². The van der Waals surface area contributed by atoms with E-state index in [9.17, 15) is 9.59 Å². The molecule has 1 fully saturated rings. The first-order chi connectivity index (χ1) is 13.6. The second-order valence-corrected chi connectivity index (χ2v) is 6.95. The van der Waals surface area contributed by atoms with E-state index in [-0.39, 0.29) is 17.9 Å². The second-order valence-electron chi connectivity index (χ2n) is 6.95. The number of benzene rings is 2. The van der Waals surface area contributed by atoms with Crippen LogP contribution in [-0.4, -0.2) is 56.1 Å². The van der Waals surface area contributed by atoms with Gasteiger partial charge in [-0.2, -0.15) is 0 Å². The van der Waals surface area contributed by atoms with Crippen LogP contribution >= 0.6 is 0 Å². The lowest BCUT2D eigenvalue weighted by atomic mass is 10.0. The highest BCUT2D eigenvalue weighted by Crippen LogP contribution is 2.22. The van der Waals surface area contributed by atoms with Crippen molar-refractivity contribution in [1.29, 1.82) is 0 Å². The number of hydrogen-bond acceptors (Lipinski definition) is 4. The molecule has 6 heteroatoms. The highest BCUT2D eigenvalue weighted by atomic mass is 16.5. The van der Waals surface area contributed by atoms with E-state index in [1.807, 2.05) is 53.4 Å². The minimum absolute atomic E-state index is 0.00701. The van der Waals surface area contributed by atoms with Crippen LogP contribution in [0.1, 0.15) is 22.3 Å². The number of carbonyl (C=O) groups is 2. The molecule has 2 aromatic rings. The van der Waals surface area contributed by atoms with Crippen LogP contribution in [0.4, 0.5) is 0 Å². The van der Waals surface area contributed by atoms with E-state index in [1.165, 1.54) is 0 Å². The summed E-state index contributed by atoms with van der Waals surface area (Å²) < 4.78 is 5.65. The molecule has 3 N–H and O–H groups in total. The smallest absolute Gasteiger partial charge is 0.254 e. The molecule has 1 aliphatic heterocycles. The molecular formula is C22H27N3O3. The highest BCUT2D eigenvalue weighted by molar-refractivity contribution is 5.94. The lowest BCUT2D eigenvalue weighted by Crippen LogP contribution is -2.46. The number of amides is 2. The molecule has 1 saturated heterocycles. The molecule has 28 heavy (non-hydrogen) atoms. The van der Waals surface area contributed by atoms with E-state index in [0.29, 0.717) is 38.2 Å². The Hall–Kier alpha value is -2.70. The Bertz CT molecular complexity index is 801. The molecule has 0 saturated carbocycles. The summed E-state index contributed by atoms with van der Waals surface area (Å²) in [5.74, 6) is 0.0187. The van der Waals surface area contributed by atoms with Crippen molar-refractivity contribution in [3.05, 3.63) is 59.7 Å². The summed E-state index contributed by atoms with van der Waals surface area (Å²) in [6.45, 7) is 2.30. The normalized spacial score (nSPS) is 16.6. The van der Waals surface area contributed by atoms with Gasteiger partial charge in [0, 0.05) is 25.7 Å². The Labute approximate surface area is 165 Å². The lowest BCUT2D eigenvalue weighted by molar-refractivity contribution is -0.119. The highest BCUT2D eigenvalue weighted by Gasteiger charge is 2.24. The lowest BCUT2D eigenvalue weighted by Gasteiger charge is -2.33. The fourth-order valence-corrected chi connectivity index (χ4v) is 3.34. The van der Waals surface area contributed by atoms with Crippen molar-refractivity contribution in [1.82, 2.24) is 10.2 Å². The van der Waals surface area contributed by atoms with E-state index in [0.717, 1.165) is 23.1 Å². The summed E-state index contributed by atoms with van der Waals surface area (Å²) >= 11 is 0. The Kier molecular flexibility index (Phi) is 6.79. The van der Waals surface area contributed by atoms with Gasteiger partial charge in [0.2, 0.25) is 5.91 Å². The minimum atomic E-state index is -0.00701. The quantitative estimate of drug-likeness (QED) is 0.800. The number of hydrogen-bond donors (Lipinski definition) is 2. The van der Waals surface area contributed by atoms with Crippen LogP contribution in [0.2, 0.25) is 0 Å². The van der Waals surface area contributed by atoms with Crippen molar-refractivity contribution < 1.29 is 14.3 Å². The standard InChI is InChI=1S/C22H27N3O3/c1-24-21(26)14-16-2-4-17(5-3-16)18-6-8-19(9-7-18)22(27)25-12-13-28-20(15-25)10-11-23/h2-9,20H,10-15,23H2,1H3,(H,24,26). The molecule has 1 atom stereocenters. The monoisotopic (exact) mass is 381 g/mol. The summed E-state index contributed by atoms with van der Waals surface area (Å²) in [6.07, 6.45) is 1.16. The van der Waals surface area contributed by atoms with Crippen LogP contribution in [0.15, 0.2) is 48.5 Å². The van der Waals surface area contributed by atoms with Gasteiger partial charge in [-0.25, -0.2) is 0 Å². The van der Waals surface area contributed by atoms with Gasteiger partial charge in [-0.1, -0.05) is 36.4 Å². The van der Waals surface area contributed by atoms with Gasteiger partial charge in [-0.3, -0.25) is 9.59 Å². The minimum Gasteiger partial charge on any atom is -0.374 e. The first-order valence-corrected chi connectivity index (χ1v) is 9.61. The fraction of sp³-hybridized carbons (Fsp3) is 0.364. The van der Waals surface area contributed by atoms with Gasteiger partial charge in [0.05, 0.1) is 19.1 Å². The van der Waals surface area contributed by atoms with Crippen LogP contribution < -0.4 is 11.1 Å². The van der Waals surface area contributed by atoms with Gasteiger partial charge in [-0.15, -0.1) is 0 Å². The molecule has 2 aromatic carbocycles. The SMILES string of the molecule is CNC(=O)Cc1ccc(-c2ccc(C(=O)N3CCOC(CCN)C3)cc2)cc1. The van der Waals surface area contributed by atoms with Crippen LogP contribution in [0.25, 0.3) is 11.1 Å². The van der Waals surface area contributed by atoms with Gasteiger partial charge in [0.15, 0.2) is 0 Å². The molecular weight excluding hydrogens is 354 g/mol. The molecule has 1 heterocycles. The molecule has 148 valence electrons. The molecule has 6 nitrogen and oxygen atoms in total. The third kappa shape index (κ3) is 4.97. The van der Waals surface area contributed by atoms with Crippen molar-refractivity contribution in [2.75, 3.05) is 33.3 Å². The molecule has 0 spiro atoms. The Balaban J connectivity index is 1.66. The van der Waals surface area contributed by atoms with E-state index < -0.39 is 0 Å². The molecule has 1 aliphatic rings. The molecule has 0 aromatic heterocycles. The Morgan fingerprint density at radius 3 is 2.36 bits per heavy atom. The summed E-state index contributed by atoms with van der Waals surface area (Å²) in [4.78, 5) is 26.1. The fourth-order valence-electron chi connectivity index (χ4n) is 3.34. The second kappa shape index (κ2) is 9.48. The zero-order valence-corrected chi connectivity index (χ0v) is 16.2. The Morgan fingerprint density at radius 1 is 1.11 bits per heavy atom. The third-order valence-electron chi connectivity index (χ3n) is 4.98. The predicted octanol–water partition coefficient (Wildman–Crippen LogP) is 1.83. The zero-order valence-electron chi connectivity index (χ0n) is 16.2. The van der Waals surface area contributed by atoms with Gasteiger partial charge in [0.1, 0.15) is 0 Å². The van der Waals surface area contributed by atoms with E-state index in [2.05, 4.69) is 5.32 Å². The maximum Gasteiger partial charge on any atom is 0.254 e. The van der Waals surface area contributed by atoms with Crippen LogP contribution in [0.3, 0.4) is 0 Å². The van der Waals surface area contributed by atoms with Crippen molar-refractivity contribution in [2.45, 2.75) is 18.9 Å². The summed E-state index contributed by atoms with van der Waals surface area (Å²) in [7, 11) is 1.63. The van der Waals surface area contributed by atoms with E-state index in [4.69, 9.17) is 10.5 Å². The summed E-state index contributed by atoms with van der Waals surface area (Å²) in [5, 5.41) is 2.62. The van der Waals surface area contributed by atoms with Crippen molar-refractivity contribution >= 4 is 11.8 Å². The number of morpholine rings is 1. The Morgan fingerprint density at radius 2 is 1.75 bits per heavy atom. The van der Waals surface area contributed by atoms with Gasteiger partial charge in [0.25, 0.3) is 5.91 Å². The summed E-state index contributed by atoms with van der Waals surface area (Å²) in [5.41, 5.74) is 9.33. The predicted molar refractivity (Wildman–Crippen MR) is 109 cm³/mol. The molecule has 0 aliphatic carbocycles. The number of likely N-dealkylation sites (N-methyl/N-ethyl adjacent to an activating group) is 1. The number of ether oxygens (including phenoxy) is 1. The molecule has 3 rings (SSSR count). The van der Waals surface area contributed by atoms with Gasteiger partial charge in [-0.05, 0) is 41.8 Å². The maximum atomic E-state index is 12.8. The average Bonchev–Trinajstić information content (AvgIpc) is 2.74. The first-order valence-electron chi connectivity index (χ1n) is 9.61. The van der Waals surface area contributed by atoms with Crippen LogP contribution in [-0.2, 0) is 16.0 Å². The summed E-state index contributed by atoms with van der Waals surface area (Å²) in [6, 6.07) is 15.5. The van der Waals surface area contributed by atoms with Crippen molar-refractivity contribution in [3.8, 4) is 11.1 Å². The number of nitrogens with zero attached hydrogens (tertiary/aromatic N) is 1. The van der Waals surface area contributed by atoms with Crippen molar-refractivity contribution in [3.63, 3.8) is 0 Å². The molecule has 0 radical (unpaired) electrons. The number of nitrogens with one attached hydrogen (secondary N) is 1. The van der Waals surface area contributed by atoms with E-state index >= 15 is 0 Å². The van der Waals surface area contributed by atoms with Crippen molar-refractivity contribution in [2.24, 2.45) is 5.73 Å². The molecule has 1 unspecified atom stereocenters. The number of nitrogens with two attached hydrogens (primary N) is 1. The molecule has 2 amide bonds. The maximum absolute atomic E-state index is 12.8.